The summed E-state index contributed by atoms with van der Waals surface area (Å²) in [6.07, 6.45) is 0. The van der Waals surface area contributed by atoms with Crippen LogP contribution < -0.4 is 14.8 Å². The highest BCUT2D eigenvalue weighted by atomic mass is 16.5. The molecule has 3 aromatic carbocycles. The van der Waals surface area contributed by atoms with Gasteiger partial charge in [0.25, 0.3) is 0 Å². The summed E-state index contributed by atoms with van der Waals surface area (Å²) in [4.78, 5) is 12.3. The highest BCUT2D eigenvalue weighted by Crippen LogP contribution is 2.33. The number of carboxylic acids is 1. The minimum absolute atomic E-state index is 0.350. The Labute approximate surface area is 181 Å². The third-order valence-corrected chi connectivity index (χ3v) is 4.85. The van der Waals surface area contributed by atoms with E-state index < -0.39 is 11.5 Å². The van der Waals surface area contributed by atoms with Crippen molar-refractivity contribution in [1.82, 2.24) is 0 Å². The number of aliphatic carboxylic acids is 1. The summed E-state index contributed by atoms with van der Waals surface area (Å²) in [6.45, 7) is 4.24. The SMILES string of the molecule is CCOc1cc(OCc2ccccc2)cc(C(C)(Nc2ccc(C#N)cc2)C(=O)O)c1. The van der Waals surface area contributed by atoms with Crippen LogP contribution in [0.5, 0.6) is 11.5 Å². The highest BCUT2D eigenvalue weighted by Gasteiger charge is 2.36. The van der Waals surface area contributed by atoms with Crippen LogP contribution in [-0.4, -0.2) is 17.7 Å². The van der Waals surface area contributed by atoms with Crippen LogP contribution in [0.3, 0.4) is 0 Å². The van der Waals surface area contributed by atoms with Gasteiger partial charge in [-0.25, -0.2) is 4.79 Å². The number of carbonyl (C=O) groups is 1. The molecule has 1 unspecified atom stereocenters. The molecular weight excluding hydrogens is 392 g/mol. The zero-order valence-electron chi connectivity index (χ0n) is 17.5. The minimum Gasteiger partial charge on any atom is -0.494 e. The van der Waals surface area contributed by atoms with Crippen LogP contribution in [0.1, 0.15) is 30.5 Å². The van der Waals surface area contributed by atoms with Crippen molar-refractivity contribution < 1.29 is 19.4 Å². The summed E-state index contributed by atoms with van der Waals surface area (Å²) in [5, 5.41) is 22.1. The summed E-state index contributed by atoms with van der Waals surface area (Å²) in [5.74, 6) is -0.0180. The van der Waals surface area contributed by atoms with Crippen LogP contribution in [0.2, 0.25) is 0 Å². The van der Waals surface area contributed by atoms with E-state index in [0.717, 1.165) is 5.56 Å². The van der Waals surface area contributed by atoms with Crippen LogP contribution in [0.4, 0.5) is 5.69 Å². The average Bonchev–Trinajstić information content (AvgIpc) is 2.79. The average molecular weight is 416 g/mol. The monoisotopic (exact) mass is 416 g/mol. The van der Waals surface area contributed by atoms with Crippen LogP contribution in [0.15, 0.2) is 72.8 Å². The quantitative estimate of drug-likeness (QED) is 0.513. The zero-order chi connectivity index (χ0) is 22.3. The van der Waals surface area contributed by atoms with Crippen LogP contribution in [-0.2, 0) is 16.9 Å². The molecule has 0 aliphatic heterocycles. The van der Waals surface area contributed by atoms with Crippen LogP contribution in [0, 0.1) is 11.3 Å². The molecule has 2 N–H and O–H groups in total. The number of hydrogen-bond donors (Lipinski definition) is 2. The Morgan fingerprint density at radius 1 is 1.03 bits per heavy atom. The summed E-state index contributed by atoms with van der Waals surface area (Å²) < 4.78 is 11.6. The molecule has 0 aliphatic carbocycles. The standard InChI is InChI=1S/C25H24N2O4/c1-3-30-22-13-20(14-23(15-22)31-17-19-7-5-4-6-8-19)25(2,24(28)29)27-21-11-9-18(16-26)10-12-21/h4-15,27H,3,17H2,1-2H3,(H,28,29). The molecule has 3 aromatic rings. The Morgan fingerprint density at radius 3 is 2.26 bits per heavy atom. The number of nitrogens with one attached hydrogen (secondary N) is 1. The van der Waals surface area contributed by atoms with Gasteiger partial charge in [-0.1, -0.05) is 30.3 Å². The third kappa shape index (κ3) is 5.34. The van der Waals surface area contributed by atoms with E-state index >= 15 is 0 Å². The molecule has 0 saturated carbocycles. The maximum atomic E-state index is 12.3. The van der Waals surface area contributed by atoms with Crippen molar-refractivity contribution in [3.63, 3.8) is 0 Å². The second-order valence-corrected chi connectivity index (χ2v) is 7.14. The molecule has 0 amide bonds. The van der Waals surface area contributed by atoms with E-state index in [1.54, 1.807) is 49.4 Å². The molecule has 158 valence electrons. The van der Waals surface area contributed by atoms with Gasteiger partial charge in [-0.05, 0) is 61.4 Å². The van der Waals surface area contributed by atoms with Gasteiger partial charge in [-0.2, -0.15) is 5.26 Å². The van der Waals surface area contributed by atoms with Crippen molar-refractivity contribution in [2.75, 3.05) is 11.9 Å². The lowest BCUT2D eigenvalue weighted by Gasteiger charge is -2.29. The summed E-state index contributed by atoms with van der Waals surface area (Å²) in [5.41, 5.74) is 1.11. The fourth-order valence-electron chi connectivity index (χ4n) is 3.10. The van der Waals surface area contributed by atoms with Crippen molar-refractivity contribution in [2.45, 2.75) is 26.0 Å². The maximum absolute atomic E-state index is 12.3. The van der Waals surface area contributed by atoms with Crippen molar-refractivity contribution >= 4 is 11.7 Å². The number of nitrogens with zero attached hydrogens (tertiary/aromatic N) is 1. The van der Waals surface area contributed by atoms with Gasteiger partial charge < -0.3 is 19.9 Å². The van der Waals surface area contributed by atoms with Gasteiger partial charge >= 0.3 is 5.97 Å². The second-order valence-electron chi connectivity index (χ2n) is 7.14. The topological polar surface area (TPSA) is 91.6 Å². The van der Waals surface area contributed by atoms with Crippen molar-refractivity contribution in [1.29, 1.82) is 5.26 Å². The van der Waals surface area contributed by atoms with E-state index in [1.165, 1.54) is 0 Å². The van der Waals surface area contributed by atoms with Crippen molar-refractivity contribution in [3.05, 3.63) is 89.5 Å². The number of anilines is 1. The van der Waals surface area contributed by atoms with Crippen LogP contribution in [0.25, 0.3) is 0 Å². The minimum atomic E-state index is -1.45. The van der Waals surface area contributed by atoms with Gasteiger partial charge in [0.05, 0.1) is 18.2 Å². The van der Waals surface area contributed by atoms with E-state index in [0.29, 0.717) is 41.5 Å². The third-order valence-electron chi connectivity index (χ3n) is 4.85. The molecule has 0 saturated heterocycles. The fraction of sp³-hybridized carbons (Fsp3) is 0.200. The predicted molar refractivity (Wildman–Crippen MR) is 118 cm³/mol. The van der Waals surface area contributed by atoms with Crippen molar-refractivity contribution in [2.24, 2.45) is 0 Å². The molecule has 6 nitrogen and oxygen atoms in total. The predicted octanol–water partition coefficient (Wildman–Crippen LogP) is 4.95. The van der Waals surface area contributed by atoms with Gasteiger partial charge in [0.2, 0.25) is 0 Å². The van der Waals surface area contributed by atoms with E-state index in [4.69, 9.17) is 14.7 Å². The first-order valence-electron chi connectivity index (χ1n) is 9.91. The fourth-order valence-corrected chi connectivity index (χ4v) is 3.10. The molecule has 0 aromatic heterocycles. The molecule has 3 rings (SSSR count). The molecule has 0 bridgehead atoms. The van der Waals surface area contributed by atoms with E-state index in [2.05, 4.69) is 11.4 Å². The van der Waals surface area contributed by atoms with Gasteiger partial charge in [0, 0.05) is 11.8 Å². The molecule has 0 spiro atoms. The first kappa shape index (κ1) is 21.7. The summed E-state index contributed by atoms with van der Waals surface area (Å²) in [7, 11) is 0. The Bertz CT molecular complexity index is 1070. The lowest BCUT2D eigenvalue weighted by atomic mass is 9.91. The largest absolute Gasteiger partial charge is 0.494 e. The smallest absolute Gasteiger partial charge is 0.333 e. The van der Waals surface area contributed by atoms with E-state index in [-0.39, 0.29) is 0 Å². The van der Waals surface area contributed by atoms with Gasteiger partial charge in [-0.15, -0.1) is 0 Å². The maximum Gasteiger partial charge on any atom is 0.333 e. The number of nitriles is 1. The number of rotatable bonds is 9. The zero-order valence-corrected chi connectivity index (χ0v) is 17.5. The number of benzene rings is 3. The Balaban J connectivity index is 1.94. The first-order valence-corrected chi connectivity index (χ1v) is 9.91. The molecule has 0 heterocycles. The highest BCUT2D eigenvalue weighted by molar-refractivity contribution is 5.84. The first-order chi connectivity index (χ1) is 14.9. The molecular formula is C25H24N2O4. The van der Waals surface area contributed by atoms with Crippen molar-refractivity contribution in [3.8, 4) is 17.6 Å². The Hall–Kier alpha value is -3.98. The van der Waals surface area contributed by atoms with Gasteiger partial charge in [0.1, 0.15) is 18.1 Å². The molecule has 1 atom stereocenters. The normalized spacial score (nSPS) is 12.3. The lowest BCUT2D eigenvalue weighted by molar-refractivity contribution is -0.142. The number of carboxylic acid groups (broad SMARTS) is 1. The van der Waals surface area contributed by atoms with Gasteiger partial charge in [-0.3, -0.25) is 0 Å². The molecule has 6 heteroatoms. The van der Waals surface area contributed by atoms with E-state index in [9.17, 15) is 9.90 Å². The number of hydrogen-bond acceptors (Lipinski definition) is 5. The molecule has 0 radical (unpaired) electrons. The Morgan fingerprint density at radius 2 is 1.68 bits per heavy atom. The summed E-state index contributed by atoms with van der Waals surface area (Å²) in [6, 6.07) is 23.6. The lowest BCUT2D eigenvalue weighted by Crippen LogP contribution is -2.40. The van der Waals surface area contributed by atoms with Crippen LogP contribution >= 0.6 is 0 Å². The number of ether oxygens (including phenoxy) is 2. The summed E-state index contributed by atoms with van der Waals surface area (Å²) >= 11 is 0. The second kappa shape index (κ2) is 9.68. The molecule has 0 fully saturated rings. The van der Waals surface area contributed by atoms with Gasteiger partial charge in [0.15, 0.2) is 5.54 Å². The molecule has 0 aliphatic rings. The Kier molecular flexibility index (Phi) is 6.78. The molecule has 31 heavy (non-hydrogen) atoms. The van der Waals surface area contributed by atoms with E-state index in [1.807, 2.05) is 37.3 Å².